The molecular weight excluding hydrogens is 308 g/mol. The molecule has 7 heteroatoms. The lowest BCUT2D eigenvalue weighted by Crippen LogP contribution is -2.47. The van der Waals surface area contributed by atoms with Crippen molar-refractivity contribution in [1.82, 2.24) is 4.90 Å². The van der Waals surface area contributed by atoms with E-state index in [1.54, 1.807) is 23.1 Å². The number of likely N-dealkylation sites (tertiary alicyclic amines) is 1. The van der Waals surface area contributed by atoms with Gasteiger partial charge in [-0.05, 0) is 24.6 Å². The van der Waals surface area contributed by atoms with Crippen LogP contribution in [0.2, 0.25) is 5.02 Å². The maximum atomic E-state index is 12.7. The second-order valence-corrected chi connectivity index (χ2v) is 5.76. The van der Waals surface area contributed by atoms with Crippen LogP contribution in [0.1, 0.15) is 16.8 Å². The number of amides is 1. The van der Waals surface area contributed by atoms with E-state index < -0.39 is 6.10 Å². The number of halogens is 1. The van der Waals surface area contributed by atoms with E-state index in [2.05, 4.69) is 0 Å². The zero-order valence-corrected chi connectivity index (χ0v) is 13.0. The lowest BCUT2D eigenvalue weighted by Gasteiger charge is -2.35. The van der Waals surface area contributed by atoms with Gasteiger partial charge in [-0.2, -0.15) is 0 Å². The lowest BCUT2D eigenvalue weighted by atomic mass is 9.94. The molecule has 1 amide bonds. The number of aliphatic hydroxyl groups excluding tert-OH is 2. The van der Waals surface area contributed by atoms with Gasteiger partial charge in [-0.1, -0.05) is 11.6 Å². The van der Waals surface area contributed by atoms with E-state index in [0.29, 0.717) is 42.5 Å². The largest absolute Gasteiger partial charge is 0.491 e. The molecule has 0 aliphatic carbocycles. The van der Waals surface area contributed by atoms with Crippen molar-refractivity contribution in [3.63, 3.8) is 0 Å². The fourth-order valence-electron chi connectivity index (χ4n) is 2.51. The van der Waals surface area contributed by atoms with E-state index in [0.717, 1.165) is 0 Å². The van der Waals surface area contributed by atoms with E-state index in [4.69, 9.17) is 27.2 Å². The third kappa shape index (κ3) is 3.89. The molecule has 22 heavy (non-hydrogen) atoms. The highest BCUT2D eigenvalue weighted by Crippen LogP contribution is 2.26. The molecule has 2 rings (SSSR count). The molecule has 0 radical (unpaired) electrons. The molecule has 0 unspecified atom stereocenters. The SMILES string of the molecule is NCCOc1ccc(Cl)cc1C(=O)N1CC[C@H](CO)[C@H](O)C1. The summed E-state index contributed by atoms with van der Waals surface area (Å²) in [6.45, 7) is 1.23. The van der Waals surface area contributed by atoms with Crippen LogP contribution in [0.15, 0.2) is 18.2 Å². The van der Waals surface area contributed by atoms with Crippen LogP contribution in [0.3, 0.4) is 0 Å². The van der Waals surface area contributed by atoms with Crippen molar-refractivity contribution in [1.29, 1.82) is 0 Å². The van der Waals surface area contributed by atoms with E-state index in [1.807, 2.05) is 0 Å². The highest BCUT2D eigenvalue weighted by Gasteiger charge is 2.31. The first kappa shape index (κ1) is 17.0. The van der Waals surface area contributed by atoms with Crippen LogP contribution < -0.4 is 10.5 Å². The van der Waals surface area contributed by atoms with Crippen LogP contribution in [-0.4, -0.2) is 60.0 Å². The number of ether oxygens (including phenoxy) is 1. The van der Waals surface area contributed by atoms with Crippen LogP contribution in [0.5, 0.6) is 5.75 Å². The summed E-state index contributed by atoms with van der Waals surface area (Å²) in [6.07, 6.45) is -0.168. The van der Waals surface area contributed by atoms with Crippen LogP contribution in [-0.2, 0) is 0 Å². The van der Waals surface area contributed by atoms with Gasteiger partial charge in [-0.15, -0.1) is 0 Å². The molecule has 0 aromatic heterocycles. The minimum atomic E-state index is -0.727. The van der Waals surface area contributed by atoms with Gasteiger partial charge in [0.2, 0.25) is 0 Å². The third-order valence-corrected chi connectivity index (χ3v) is 4.03. The highest BCUT2D eigenvalue weighted by atomic mass is 35.5. The van der Waals surface area contributed by atoms with Crippen LogP contribution in [0.25, 0.3) is 0 Å². The quantitative estimate of drug-likeness (QED) is 0.731. The summed E-state index contributed by atoms with van der Waals surface area (Å²) in [5.74, 6) is -0.0000421. The Kier molecular flexibility index (Phi) is 6.02. The molecular formula is C15H21ClN2O4. The van der Waals surface area contributed by atoms with Crippen molar-refractivity contribution in [3.8, 4) is 5.75 Å². The summed E-state index contributed by atoms with van der Waals surface area (Å²) in [4.78, 5) is 14.2. The van der Waals surface area contributed by atoms with Crippen LogP contribution >= 0.6 is 11.6 Å². The molecule has 1 aromatic carbocycles. The number of piperidine rings is 1. The van der Waals surface area contributed by atoms with Gasteiger partial charge < -0.3 is 25.6 Å². The van der Waals surface area contributed by atoms with E-state index in [-0.39, 0.29) is 25.0 Å². The summed E-state index contributed by atoms with van der Waals surface area (Å²) in [5, 5.41) is 19.6. The Morgan fingerprint density at radius 2 is 2.27 bits per heavy atom. The maximum absolute atomic E-state index is 12.7. The summed E-state index contributed by atoms with van der Waals surface area (Å²) in [6, 6.07) is 4.85. The zero-order chi connectivity index (χ0) is 16.1. The smallest absolute Gasteiger partial charge is 0.257 e. The van der Waals surface area contributed by atoms with Gasteiger partial charge in [-0.3, -0.25) is 4.79 Å². The molecule has 0 saturated carbocycles. The number of β-amino-alcohol motifs (C(OH)–C–C–N with tert-alkyl or cyclic N) is 1. The van der Waals surface area contributed by atoms with Crippen molar-refractivity contribution in [2.24, 2.45) is 11.7 Å². The molecule has 1 fully saturated rings. The van der Waals surface area contributed by atoms with Crippen LogP contribution in [0, 0.1) is 5.92 Å². The zero-order valence-electron chi connectivity index (χ0n) is 12.2. The van der Waals surface area contributed by atoms with E-state index in [9.17, 15) is 9.90 Å². The van der Waals surface area contributed by atoms with Gasteiger partial charge in [0.25, 0.3) is 5.91 Å². The Morgan fingerprint density at radius 1 is 1.50 bits per heavy atom. The standard InChI is InChI=1S/C15H21ClN2O4/c16-11-1-2-14(22-6-4-17)12(7-11)15(21)18-5-3-10(9-19)13(20)8-18/h1-2,7,10,13,19-20H,3-6,8-9,17H2/t10-,13-/m1/s1. The van der Waals surface area contributed by atoms with E-state index in [1.165, 1.54) is 0 Å². The van der Waals surface area contributed by atoms with Gasteiger partial charge in [0.15, 0.2) is 0 Å². The number of benzene rings is 1. The van der Waals surface area contributed by atoms with E-state index >= 15 is 0 Å². The number of carbonyl (C=O) groups is 1. The topological polar surface area (TPSA) is 96.0 Å². The van der Waals surface area contributed by atoms with Crippen molar-refractivity contribution < 1.29 is 19.7 Å². The molecule has 0 bridgehead atoms. The Bertz CT molecular complexity index is 526. The summed E-state index contributed by atoms with van der Waals surface area (Å²) in [7, 11) is 0. The average molecular weight is 329 g/mol. The first-order valence-electron chi connectivity index (χ1n) is 7.27. The van der Waals surface area contributed by atoms with Gasteiger partial charge in [0.05, 0.1) is 11.7 Å². The molecule has 1 heterocycles. The maximum Gasteiger partial charge on any atom is 0.257 e. The number of hydrogen-bond donors (Lipinski definition) is 3. The fourth-order valence-corrected chi connectivity index (χ4v) is 2.68. The van der Waals surface area contributed by atoms with Gasteiger partial charge in [-0.25, -0.2) is 0 Å². The first-order valence-corrected chi connectivity index (χ1v) is 7.65. The monoisotopic (exact) mass is 328 g/mol. The lowest BCUT2D eigenvalue weighted by molar-refractivity contribution is 0.000743. The summed E-state index contributed by atoms with van der Waals surface area (Å²) < 4.78 is 5.49. The van der Waals surface area contributed by atoms with Gasteiger partial charge >= 0.3 is 0 Å². The normalized spacial score (nSPS) is 21.7. The number of nitrogens with two attached hydrogens (primary N) is 1. The van der Waals surface area contributed by atoms with Gasteiger partial charge in [0.1, 0.15) is 12.4 Å². The van der Waals surface area contributed by atoms with Gasteiger partial charge in [0, 0.05) is 37.2 Å². The first-order chi connectivity index (χ1) is 10.6. The Morgan fingerprint density at radius 3 is 2.91 bits per heavy atom. The number of aliphatic hydroxyl groups is 2. The van der Waals surface area contributed by atoms with Crippen molar-refractivity contribution in [2.75, 3.05) is 32.8 Å². The van der Waals surface area contributed by atoms with Crippen molar-refractivity contribution in [2.45, 2.75) is 12.5 Å². The van der Waals surface area contributed by atoms with Crippen LogP contribution in [0.4, 0.5) is 0 Å². The summed E-state index contributed by atoms with van der Waals surface area (Å²) in [5.41, 5.74) is 5.78. The number of rotatable bonds is 5. The predicted molar refractivity (Wildman–Crippen MR) is 83.1 cm³/mol. The second-order valence-electron chi connectivity index (χ2n) is 5.33. The minimum Gasteiger partial charge on any atom is -0.491 e. The predicted octanol–water partition coefficient (Wildman–Crippen LogP) is 0.493. The molecule has 1 aliphatic rings. The Hall–Kier alpha value is -1.34. The average Bonchev–Trinajstić information content (AvgIpc) is 2.52. The summed E-state index contributed by atoms with van der Waals surface area (Å²) >= 11 is 5.97. The fraction of sp³-hybridized carbons (Fsp3) is 0.533. The van der Waals surface area contributed by atoms with Crippen molar-refractivity contribution in [3.05, 3.63) is 28.8 Å². The van der Waals surface area contributed by atoms with Crippen molar-refractivity contribution >= 4 is 17.5 Å². The molecule has 2 atom stereocenters. The number of carbonyl (C=O) groups excluding carboxylic acids is 1. The molecule has 1 aromatic rings. The highest BCUT2D eigenvalue weighted by molar-refractivity contribution is 6.31. The molecule has 1 aliphatic heterocycles. The molecule has 4 N–H and O–H groups in total. The molecule has 0 spiro atoms. The minimum absolute atomic E-state index is 0.0782. The number of hydrogen-bond acceptors (Lipinski definition) is 5. The Labute approximate surface area is 134 Å². The Balaban J connectivity index is 2.16. The number of nitrogens with zero attached hydrogens (tertiary/aromatic N) is 1. The third-order valence-electron chi connectivity index (χ3n) is 3.79. The molecule has 122 valence electrons. The molecule has 1 saturated heterocycles. The second kappa shape index (κ2) is 7.78. The molecule has 6 nitrogen and oxygen atoms in total.